The minimum Gasteiger partial charge on any atom is -0.362 e. The van der Waals surface area contributed by atoms with Crippen LogP contribution < -0.4 is 5.43 Å². The molecule has 1 amide bonds. The number of allylic oxidation sites excluding steroid dienone is 1. The molecule has 1 aromatic carbocycles. The molecule has 0 spiro atoms. The van der Waals surface area contributed by atoms with E-state index in [9.17, 15) is 27.5 Å². The van der Waals surface area contributed by atoms with E-state index in [2.05, 4.69) is 4.98 Å². The summed E-state index contributed by atoms with van der Waals surface area (Å²) in [6.45, 7) is 0. The molecule has 0 bridgehead atoms. The van der Waals surface area contributed by atoms with Gasteiger partial charge >= 0.3 is 6.18 Å². The number of benzene rings is 1. The maximum atomic E-state index is 13.1. The SMILES string of the molecule is O=C(c1ccccn1)N1NC(C(F)(F)F)=CC1(O)c1ccc(F)cc1. The number of rotatable bonds is 2. The number of hydrogen-bond donors (Lipinski definition) is 2. The predicted molar refractivity (Wildman–Crippen MR) is 78.0 cm³/mol. The molecule has 1 aliphatic heterocycles. The van der Waals surface area contributed by atoms with E-state index in [1.165, 1.54) is 24.4 Å². The Hall–Kier alpha value is -2.94. The smallest absolute Gasteiger partial charge is 0.362 e. The summed E-state index contributed by atoms with van der Waals surface area (Å²) < 4.78 is 52.3. The number of carbonyl (C=O) groups excluding carboxylic acids is 1. The molecule has 1 unspecified atom stereocenters. The second-order valence-electron chi connectivity index (χ2n) is 5.26. The number of alkyl halides is 3. The Kier molecular flexibility index (Phi) is 3.96. The maximum Gasteiger partial charge on any atom is 0.432 e. The average molecular weight is 353 g/mol. The summed E-state index contributed by atoms with van der Waals surface area (Å²) >= 11 is 0. The van der Waals surface area contributed by atoms with Crippen LogP contribution in [0, 0.1) is 5.82 Å². The van der Waals surface area contributed by atoms with Crippen LogP contribution >= 0.6 is 0 Å². The van der Waals surface area contributed by atoms with Crippen LogP contribution in [-0.4, -0.2) is 27.2 Å². The molecule has 1 atom stereocenters. The molecule has 0 saturated heterocycles. The van der Waals surface area contributed by atoms with E-state index in [1.54, 1.807) is 0 Å². The lowest BCUT2D eigenvalue weighted by atomic mass is 10.0. The highest BCUT2D eigenvalue weighted by Gasteiger charge is 2.50. The minimum absolute atomic E-state index is 0.120. The van der Waals surface area contributed by atoms with Crippen LogP contribution in [0.5, 0.6) is 0 Å². The second-order valence-corrected chi connectivity index (χ2v) is 5.26. The molecule has 2 N–H and O–H groups in total. The van der Waals surface area contributed by atoms with Crippen molar-refractivity contribution in [1.82, 2.24) is 15.4 Å². The van der Waals surface area contributed by atoms with Gasteiger partial charge in [-0.1, -0.05) is 18.2 Å². The van der Waals surface area contributed by atoms with Gasteiger partial charge in [0.2, 0.25) is 5.72 Å². The van der Waals surface area contributed by atoms with Gasteiger partial charge in [0.05, 0.1) is 0 Å². The van der Waals surface area contributed by atoms with Crippen molar-refractivity contribution in [1.29, 1.82) is 0 Å². The first-order valence-corrected chi connectivity index (χ1v) is 7.02. The van der Waals surface area contributed by atoms with Gasteiger partial charge in [-0.25, -0.2) is 9.40 Å². The normalized spacial score (nSPS) is 20.2. The lowest BCUT2D eigenvalue weighted by Crippen LogP contribution is -2.51. The number of nitrogens with one attached hydrogen (secondary N) is 1. The van der Waals surface area contributed by atoms with Crippen molar-refractivity contribution in [3.63, 3.8) is 0 Å². The average Bonchev–Trinajstić information content (AvgIpc) is 2.94. The fourth-order valence-corrected chi connectivity index (χ4v) is 2.37. The van der Waals surface area contributed by atoms with Crippen molar-refractivity contribution >= 4 is 5.91 Å². The molecule has 9 heteroatoms. The van der Waals surface area contributed by atoms with E-state index in [1.807, 2.05) is 5.43 Å². The summed E-state index contributed by atoms with van der Waals surface area (Å²) in [6, 6.07) is 8.41. The van der Waals surface area contributed by atoms with Crippen LogP contribution in [0.3, 0.4) is 0 Å². The summed E-state index contributed by atoms with van der Waals surface area (Å²) in [6.07, 6.45) is -3.08. The summed E-state index contributed by atoms with van der Waals surface area (Å²) in [5, 5.41) is 11.2. The van der Waals surface area contributed by atoms with Crippen LogP contribution in [-0.2, 0) is 5.72 Å². The highest BCUT2D eigenvalue weighted by Crippen LogP contribution is 2.38. The first-order chi connectivity index (χ1) is 11.7. The van der Waals surface area contributed by atoms with Crippen LogP contribution in [0.25, 0.3) is 0 Å². The summed E-state index contributed by atoms with van der Waals surface area (Å²) in [5.41, 5.74) is -2.21. The Morgan fingerprint density at radius 2 is 1.84 bits per heavy atom. The lowest BCUT2D eigenvalue weighted by molar-refractivity contribution is -0.104. The molecular formula is C16H11F4N3O2. The van der Waals surface area contributed by atoms with Gasteiger partial charge in [0, 0.05) is 17.8 Å². The van der Waals surface area contributed by atoms with Gasteiger partial charge < -0.3 is 5.11 Å². The van der Waals surface area contributed by atoms with Crippen molar-refractivity contribution in [2.45, 2.75) is 11.9 Å². The molecule has 1 aliphatic rings. The Morgan fingerprint density at radius 3 is 2.40 bits per heavy atom. The number of aliphatic hydroxyl groups is 1. The number of carbonyl (C=O) groups is 1. The third-order valence-electron chi connectivity index (χ3n) is 3.58. The first-order valence-electron chi connectivity index (χ1n) is 7.02. The van der Waals surface area contributed by atoms with Crippen molar-refractivity contribution in [3.8, 4) is 0 Å². The molecule has 1 aromatic heterocycles. The molecule has 3 rings (SSSR count). The number of aromatic nitrogens is 1. The summed E-state index contributed by atoms with van der Waals surface area (Å²) in [5.74, 6) is -1.62. The van der Waals surface area contributed by atoms with Gasteiger partial charge in [-0.15, -0.1) is 0 Å². The van der Waals surface area contributed by atoms with Crippen LogP contribution in [0.2, 0.25) is 0 Å². The van der Waals surface area contributed by atoms with Crippen LogP contribution in [0.15, 0.2) is 60.4 Å². The van der Waals surface area contributed by atoms with Crippen molar-refractivity contribution in [2.75, 3.05) is 0 Å². The number of halogens is 4. The standard InChI is InChI=1S/C16H11F4N3O2/c17-11-6-4-10(5-7-11)15(25)9-13(16(18,19)20)22-23(15)14(24)12-3-1-2-8-21-12/h1-9,22,25H. The quantitative estimate of drug-likeness (QED) is 0.814. The molecule has 2 aromatic rings. The Balaban J connectivity index is 2.07. The molecular weight excluding hydrogens is 342 g/mol. The largest absolute Gasteiger partial charge is 0.432 e. The molecule has 130 valence electrons. The predicted octanol–water partition coefficient (Wildman–Crippen LogP) is 2.47. The Labute approximate surface area is 139 Å². The topological polar surface area (TPSA) is 65.5 Å². The van der Waals surface area contributed by atoms with Gasteiger partial charge in [-0.3, -0.25) is 15.2 Å². The summed E-state index contributed by atoms with van der Waals surface area (Å²) in [4.78, 5) is 16.3. The zero-order valence-corrected chi connectivity index (χ0v) is 12.5. The van der Waals surface area contributed by atoms with Gasteiger partial charge in [0.25, 0.3) is 5.91 Å². The molecule has 2 heterocycles. The van der Waals surface area contributed by atoms with Crippen molar-refractivity contribution < 1.29 is 27.5 Å². The first kappa shape index (κ1) is 16.9. The molecule has 25 heavy (non-hydrogen) atoms. The Morgan fingerprint density at radius 1 is 1.16 bits per heavy atom. The fourth-order valence-electron chi connectivity index (χ4n) is 2.37. The molecule has 0 aliphatic carbocycles. The highest BCUT2D eigenvalue weighted by atomic mass is 19.4. The van der Waals surface area contributed by atoms with E-state index < -0.39 is 29.3 Å². The molecule has 0 radical (unpaired) electrons. The van der Waals surface area contributed by atoms with E-state index in [4.69, 9.17) is 0 Å². The summed E-state index contributed by atoms with van der Waals surface area (Å²) in [7, 11) is 0. The molecule has 5 nitrogen and oxygen atoms in total. The zero-order valence-electron chi connectivity index (χ0n) is 12.5. The molecule has 0 fully saturated rings. The number of amides is 1. The van der Waals surface area contributed by atoms with Gasteiger partial charge in [0.1, 0.15) is 17.2 Å². The number of nitrogens with zero attached hydrogens (tertiary/aromatic N) is 2. The monoisotopic (exact) mass is 353 g/mol. The number of hydrazine groups is 1. The van der Waals surface area contributed by atoms with Gasteiger partial charge in [-0.05, 0) is 24.3 Å². The van der Waals surface area contributed by atoms with E-state index >= 15 is 0 Å². The van der Waals surface area contributed by atoms with Crippen LogP contribution in [0.1, 0.15) is 16.1 Å². The number of pyridine rings is 1. The highest BCUT2D eigenvalue weighted by molar-refractivity contribution is 5.93. The van der Waals surface area contributed by atoms with Crippen molar-refractivity contribution in [2.24, 2.45) is 0 Å². The maximum absolute atomic E-state index is 13.1. The van der Waals surface area contributed by atoms with E-state index in [0.29, 0.717) is 11.1 Å². The second kappa shape index (κ2) is 5.85. The third-order valence-corrected chi connectivity index (χ3v) is 3.58. The van der Waals surface area contributed by atoms with E-state index in [0.717, 1.165) is 24.3 Å². The zero-order chi connectivity index (χ0) is 18.2. The van der Waals surface area contributed by atoms with E-state index in [-0.39, 0.29) is 11.3 Å². The van der Waals surface area contributed by atoms with Crippen molar-refractivity contribution in [3.05, 3.63) is 77.5 Å². The fraction of sp³-hybridized carbons (Fsp3) is 0.125. The Bertz CT molecular complexity index is 822. The third kappa shape index (κ3) is 3.05. The number of hydrogen-bond acceptors (Lipinski definition) is 4. The molecule has 0 saturated carbocycles. The van der Waals surface area contributed by atoms with Crippen LogP contribution in [0.4, 0.5) is 17.6 Å². The minimum atomic E-state index is -4.83. The van der Waals surface area contributed by atoms with Gasteiger partial charge in [0.15, 0.2) is 0 Å². The lowest BCUT2D eigenvalue weighted by Gasteiger charge is -2.32. The van der Waals surface area contributed by atoms with Gasteiger partial charge in [-0.2, -0.15) is 13.2 Å².